The van der Waals surface area contributed by atoms with Crippen LogP contribution in [0.1, 0.15) is 24.4 Å². The number of hydrogen-bond acceptors (Lipinski definition) is 4. The Morgan fingerprint density at radius 2 is 2.10 bits per heavy atom. The Balaban J connectivity index is 1.52. The van der Waals surface area contributed by atoms with E-state index in [-0.39, 0.29) is 5.91 Å². The van der Waals surface area contributed by atoms with Gasteiger partial charge in [-0.15, -0.1) is 0 Å². The lowest BCUT2D eigenvalue weighted by molar-refractivity contribution is -0.134. The molecule has 1 saturated carbocycles. The monoisotopic (exact) mass is 277 g/mol. The van der Waals surface area contributed by atoms with Crippen LogP contribution in [0.15, 0.2) is 12.4 Å². The van der Waals surface area contributed by atoms with Crippen molar-refractivity contribution in [1.29, 1.82) is 0 Å². The molecule has 1 unspecified atom stereocenters. The number of carbonyl (C=O) groups is 1. The van der Waals surface area contributed by atoms with E-state index in [0.29, 0.717) is 0 Å². The largest absolute Gasteiger partial charge is 0.338 e. The molecule has 3 rings (SSSR count). The van der Waals surface area contributed by atoms with Crippen molar-refractivity contribution in [3.05, 3.63) is 18.0 Å². The topological polar surface area (TPSA) is 67.4 Å². The molecule has 1 aromatic heterocycles. The first-order valence-electron chi connectivity index (χ1n) is 7.39. The fourth-order valence-corrected chi connectivity index (χ4v) is 2.76. The summed E-state index contributed by atoms with van der Waals surface area (Å²) in [5.41, 5.74) is 6.84. The molecule has 0 spiro atoms. The first-order valence-corrected chi connectivity index (χ1v) is 7.39. The number of aromatic nitrogens is 2. The molecule has 1 amide bonds. The van der Waals surface area contributed by atoms with Gasteiger partial charge < -0.3 is 10.6 Å². The highest BCUT2D eigenvalue weighted by Crippen LogP contribution is 2.30. The second-order valence-corrected chi connectivity index (χ2v) is 5.99. The van der Waals surface area contributed by atoms with Crippen LogP contribution in [0.2, 0.25) is 0 Å². The lowest BCUT2D eigenvalue weighted by Gasteiger charge is -2.35. The molecule has 1 aliphatic carbocycles. The predicted octanol–water partition coefficient (Wildman–Crippen LogP) is -0.0259. The van der Waals surface area contributed by atoms with Gasteiger partial charge in [-0.1, -0.05) is 0 Å². The zero-order chi connectivity index (χ0) is 14.1. The summed E-state index contributed by atoms with van der Waals surface area (Å²) in [6.07, 6.45) is 6.24. The van der Waals surface area contributed by atoms with Crippen molar-refractivity contribution in [3.8, 4) is 0 Å². The van der Waals surface area contributed by atoms with Crippen molar-refractivity contribution in [2.45, 2.75) is 18.9 Å². The highest BCUT2D eigenvalue weighted by molar-refractivity contribution is 5.83. The molecule has 20 heavy (non-hydrogen) atoms. The van der Waals surface area contributed by atoms with Gasteiger partial charge in [0.1, 0.15) is 6.04 Å². The van der Waals surface area contributed by atoms with E-state index in [4.69, 9.17) is 5.73 Å². The van der Waals surface area contributed by atoms with Gasteiger partial charge in [-0.3, -0.25) is 14.4 Å². The van der Waals surface area contributed by atoms with Crippen LogP contribution in [-0.2, 0) is 11.8 Å². The van der Waals surface area contributed by atoms with E-state index in [2.05, 4.69) is 10.00 Å². The van der Waals surface area contributed by atoms with Gasteiger partial charge in [0.25, 0.3) is 0 Å². The number of aryl methyl sites for hydroxylation is 1. The van der Waals surface area contributed by atoms with Crippen LogP contribution in [0.3, 0.4) is 0 Å². The molecule has 1 atom stereocenters. The van der Waals surface area contributed by atoms with Crippen molar-refractivity contribution < 1.29 is 4.79 Å². The van der Waals surface area contributed by atoms with E-state index in [1.165, 1.54) is 19.4 Å². The Labute approximate surface area is 119 Å². The molecule has 0 bridgehead atoms. The normalized spacial score (nSPS) is 22.0. The van der Waals surface area contributed by atoms with E-state index in [1.807, 2.05) is 18.1 Å². The summed E-state index contributed by atoms with van der Waals surface area (Å²) in [4.78, 5) is 16.8. The number of nitrogens with zero attached hydrogens (tertiary/aromatic N) is 4. The average Bonchev–Trinajstić information content (AvgIpc) is 3.17. The lowest BCUT2D eigenvalue weighted by Crippen LogP contribution is -2.51. The first kappa shape index (κ1) is 13.6. The van der Waals surface area contributed by atoms with E-state index in [1.54, 1.807) is 10.9 Å². The third-order valence-corrected chi connectivity index (χ3v) is 4.25. The summed E-state index contributed by atoms with van der Waals surface area (Å²) in [5.74, 6) is 0.930. The second kappa shape index (κ2) is 5.54. The molecular weight excluding hydrogens is 254 g/mol. The first-order chi connectivity index (χ1) is 9.63. The quantitative estimate of drug-likeness (QED) is 0.839. The van der Waals surface area contributed by atoms with Gasteiger partial charge in [0.05, 0.1) is 6.20 Å². The Morgan fingerprint density at radius 1 is 1.40 bits per heavy atom. The van der Waals surface area contributed by atoms with Crippen LogP contribution < -0.4 is 5.73 Å². The van der Waals surface area contributed by atoms with Gasteiger partial charge in [0.15, 0.2) is 0 Å². The fourth-order valence-electron chi connectivity index (χ4n) is 2.76. The smallest absolute Gasteiger partial charge is 0.244 e. The van der Waals surface area contributed by atoms with Gasteiger partial charge in [0, 0.05) is 51.5 Å². The molecule has 2 fully saturated rings. The molecular formula is C14H23N5O. The number of rotatable bonds is 4. The summed E-state index contributed by atoms with van der Waals surface area (Å²) >= 11 is 0. The van der Waals surface area contributed by atoms with Gasteiger partial charge in [-0.05, 0) is 18.8 Å². The Kier molecular flexibility index (Phi) is 3.76. The predicted molar refractivity (Wildman–Crippen MR) is 75.9 cm³/mol. The minimum Gasteiger partial charge on any atom is -0.338 e. The van der Waals surface area contributed by atoms with E-state index in [9.17, 15) is 4.79 Å². The van der Waals surface area contributed by atoms with E-state index in [0.717, 1.165) is 37.7 Å². The van der Waals surface area contributed by atoms with Crippen LogP contribution >= 0.6 is 0 Å². The maximum atomic E-state index is 12.4. The minimum atomic E-state index is -0.585. The van der Waals surface area contributed by atoms with Crippen molar-refractivity contribution in [2.24, 2.45) is 18.7 Å². The molecule has 1 aliphatic heterocycles. The van der Waals surface area contributed by atoms with E-state index < -0.39 is 6.04 Å². The summed E-state index contributed by atoms with van der Waals surface area (Å²) < 4.78 is 1.68. The van der Waals surface area contributed by atoms with E-state index >= 15 is 0 Å². The van der Waals surface area contributed by atoms with Crippen molar-refractivity contribution in [3.63, 3.8) is 0 Å². The third-order valence-electron chi connectivity index (χ3n) is 4.25. The highest BCUT2D eigenvalue weighted by Gasteiger charge is 2.29. The van der Waals surface area contributed by atoms with Gasteiger partial charge in [-0.2, -0.15) is 5.10 Å². The Bertz CT molecular complexity index is 474. The molecule has 2 aliphatic rings. The molecule has 6 heteroatoms. The maximum absolute atomic E-state index is 12.4. The van der Waals surface area contributed by atoms with Gasteiger partial charge in [-0.25, -0.2) is 0 Å². The standard InChI is InChI=1S/C14H23N5O/c1-17-10-12(8-16-17)13(15)14(20)19-6-4-18(5-7-19)9-11-2-3-11/h8,10-11,13H,2-7,9,15H2,1H3. The molecule has 1 aromatic rings. The third kappa shape index (κ3) is 3.02. The molecule has 2 N–H and O–H groups in total. The molecule has 6 nitrogen and oxygen atoms in total. The van der Waals surface area contributed by atoms with Crippen LogP contribution in [0.5, 0.6) is 0 Å². The Morgan fingerprint density at radius 3 is 2.65 bits per heavy atom. The zero-order valence-corrected chi connectivity index (χ0v) is 12.0. The number of nitrogens with two attached hydrogens (primary N) is 1. The van der Waals surface area contributed by atoms with Crippen LogP contribution in [-0.4, -0.2) is 58.2 Å². The van der Waals surface area contributed by atoms with Crippen molar-refractivity contribution in [2.75, 3.05) is 32.7 Å². The summed E-state index contributed by atoms with van der Waals surface area (Å²) in [5, 5.41) is 4.07. The highest BCUT2D eigenvalue weighted by atomic mass is 16.2. The summed E-state index contributed by atoms with van der Waals surface area (Å²) in [6.45, 7) is 4.74. The second-order valence-electron chi connectivity index (χ2n) is 5.99. The molecule has 110 valence electrons. The van der Waals surface area contributed by atoms with Gasteiger partial charge >= 0.3 is 0 Å². The number of carbonyl (C=O) groups excluding carboxylic acids is 1. The Hall–Kier alpha value is -1.40. The summed E-state index contributed by atoms with van der Waals surface area (Å²) in [7, 11) is 1.83. The SMILES string of the molecule is Cn1cc(C(N)C(=O)N2CCN(CC3CC3)CC2)cn1. The number of amides is 1. The van der Waals surface area contributed by atoms with Crippen LogP contribution in [0.4, 0.5) is 0 Å². The van der Waals surface area contributed by atoms with Crippen LogP contribution in [0, 0.1) is 5.92 Å². The van der Waals surface area contributed by atoms with Crippen molar-refractivity contribution >= 4 is 5.91 Å². The van der Waals surface area contributed by atoms with Crippen molar-refractivity contribution in [1.82, 2.24) is 19.6 Å². The molecule has 1 saturated heterocycles. The minimum absolute atomic E-state index is 0.0177. The number of piperazine rings is 1. The maximum Gasteiger partial charge on any atom is 0.244 e. The molecule has 0 radical (unpaired) electrons. The lowest BCUT2D eigenvalue weighted by atomic mass is 10.1. The van der Waals surface area contributed by atoms with Crippen LogP contribution in [0.25, 0.3) is 0 Å². The zero-order valence-electron chi connectivity index (χ0n) is 12.0. The van der Waals surface area contributed by atoms with Gasteiger partial charge in [0.2, 0.25) is 5.91 Å². The fraction of sp³-hybridized carbons (Fsp3) is 0.714. The number of hydrogen-bond donors (Lipinski definition) is 1. The summed E-state index contributed by atoms with van der Waals surface area (Å²) in [6, 6.07) is -0.585. The molecule has 2 heterocycles. The average molecular weight is 277 g/mol. The molecule has 0 aromatic carbocycles.